The molecule has 8 rings (SSSR count). The highest BCUT2D eigenvalue weighted by Crippen LogP contribution is 2.74. The second kappa shape index (κ2) is 8.55. The minimum atomic E-state index is -0.152. The number of likely N-dealkylation sites (tertiary alicyclic amines) is 1. The lowest BCUT2D eigenvalue weighted by Gasteiger charge is -2.70. The number of carbonyl (C=O) groups excluding carboxylic acids is 2. The summed E-state index contributed by atoms with van der Waals surface area (Å²) in [5.41, 5.74) is 2.84. The Morgan fingerprint density at radius 3 is 2.70 bits per heavy atom. The summed E-state index contributed by atoms with van der Waals surface area (Å²) in [4.78, 5) is 32.5. The van der Waals surface area contributed by atoms with Gasteiger partial charge in [-0.3, -0.25) is 9.59 Å². The third-order valence-corrected chi connectivity index (χ3v) is 9.27. The molecule has 3 saturated carbocycles. The van der Waals surface area contributed by atoms with Crippen molar-refractivity contribution in [3.8, 4) is 11.3 Å². The van der Waals surface area contributed by atoms with E-state index >= 15 is 0 Å². The first-order valence-electron chi connectivity index (χ1n) is 13.3. The van der Waals surface area contributed by atoms with Crippen LogP contribution in [0.25, 0.3) is 11.3 Å². The largest absolute Gasteiger partial charge is 0.444 e. The number of rotatable bonds is 6. The van der Waals surface area contributed by atoms with E-state index in [9.17, 15) is 9.59 Å². The molecule has 3 heterocycles. The number of oxazole rings is 1. The molecule has 3 aliphatic carbocycles. The number of hydrogen-bond acceptors (Lipinski definition) is 5. The molecule has 2 aliphatic heterocycles. The van der Waals surface area contributed by atoms with Crippen LogP contribution in [-0.4, -0.2) is 54.0 Å². The van der Waals surface area contributed by atoms with Crippen LogP contribution in [0.3, 0.4) is 0 Å². The molecule has 7 heteroatoms. The molecular formula is C30H31N3O4. The van der Waals surface area contributed by atoms with Crippen molar-refractivity contribution in [2.24, 2.45) is 17.3 Å². The summed E-state index contributed by atoms with van der Waals surface area (Å²) in [6, 6.07) is 18.0. The van der Waals surface area contributed by atoms with E-state index in [1.165, 1.54) is 12.0 Å². The van der Waals surface area contributed by atoms with Crippen molar-refractivity contribution in [3.63, 3.8) is 0 Å². The SMILES string of the molecule is O=C(NC[C@@H]1OC[C@@H]2CCN(C(=O)C34CC(c5ccccc5)(C3)C4)C[C@@H]21)c1cccc(-c2cnco2)c1. The lowest BCUT2D eigenvalue weighted by molar-refractivity contribution is -0.189. The smallest absolute Gasteiger partial charge is 0.251 e. The number of fused-ring (bicyclic) bond motifs is 1. The lowest BCUT2D eigenvalue weighted by atomic mass is 9.33. The molecule has 5 aliphatic rings. The van der Waals surface area contributed by atoms with Crippen LogP contribution in [0.1, 0.15) is 41.6 Å². The highest BCUT2D eigenvalue weighted by molar-refractivity contribution is 5.95. The maximum Gasteiger partial charge on any atom is 0.251 e. The zero-order valence-corrected chi connectivity index (χ0v) is 20.8. The van der Waals surface area contributed by atoms with E-state index in [0.29, 0.717) is 36.3 Å². The van der Waals surface area contributed by atoms with Gasteiger partial charge >= 0.3 is 0 Å². The standard InChI is InChI=1S/C30H31N3O4/c34-27(21-6-4-5-20(11-21)25-12-31-19-37-25)32-13-26-24-14-33(10-9-22(24)15-36-26)28(35)30-16-29(17-30,18-30)23-7-2-1-3-8-23/h1-8,11-12,19,22,24,26H,9-10,13-18H2,(H,32,34)/t22-,24-,26-,29?,30?/m0/s1. The first kappa shape index (κ1) is 22.7. The number of nitrogens with one attached hydrogen (secondary N) is 1. The average Bonchev–Trinajstić information content (AvgIpc) is 3.56. The second-order valence-corrected chi connectivity index (χ2v) is 11.4. The van der Waals surface area contributed by atoms with Crippen molar-refractivity contribution >= 4 is 11.8 Å². The van der Waals surface area contributed by atoms with Gasteiger partial charge in [-0.2, -0.15) is 0 Å². The van der Waals surface area contributed by atoms with Gasteiger partial charge < -0.3 is 19.4 Å². The quantitative estimate of drug-likeness (QED) is 0.555. The average molecular weight is 498 g/mol. The topological polar surface area (TPSA) is 84.7 Å². The summed E-state index contributed by atoms with van der Waals surface area (Å²) < 4.78 is 11.5. The molecule has 0 radical (unpaired) electrons. The van der Waals surface area contributed by atoms with Crippen molar-refractivity contribution in [3.05, 3.63) is 78.3 Å². The molecular weight excluding hydrogens is 466 g/mol. The van der Waals surface area contributed by atoms with Gasteiger partial charge in [-0.15, -0.1) is 0 Å². The molecule has 3 atom stereocenters. The third-order valence-electron chi connectivity index (χ3n) is 9.27. The predicted octanol–water partition coefficient (Wildman–Crippen LogP) is 4.06. The Morgan fingerprint density at radius 1 is 1.08 bits per heavy atom. The summed E-state index contributed by atoms with van der Waals surface area (Å²) in [7, 11) is 0. The van der Waals surface area contributed by atoms with Crippen molar-refractivity contribution < 1.29 is 18.7 Å². The first-order chi connectivity index (χ1) is 18.1. The summed E-state index contributed by atoms with van der Waals surface area (Å²) in [5, 5.41) is 3.06. The number of piperidine rings is 1. The Hall–Kier alpha value is -3.45. The van der Waals surface area contributed by atoms with Gasteiger partial charge in [0.25, 0.3) is 5.91 Å². The van der Waals surface area contributed by atoms with Crippen LogP contribution in [0.15, 0.2) is 71.6 Å². The number of nitrogens with zero attached hydrogens (tertiary/aromatic N) is 2. The van der Waals surface area contributed by atoms with Crippen molar-refractivity contribution in [2.75, 3.05) is 26.2 Å². The van der Waals surface area contributed by atoms with Gasteiger partial charge in [0.15, 0.2) is 12.2 Å². The van der Waals surface area contributed by atoms with Crippen molar-refractivity contribution in [1.29, 1.82) is 0 Å². The van der Waals surface area contributed by atoms with Crippen LogP contribution >= 0.6 is 0 Å². The van der Waals surface area contributed by atoms with E-state index < -0.39 is 0 Å². The molecule has 3 aromatic rings. The molecule has 2 aromatic carbocycles. The molecule has 5 fully saturated rings. The van der Waals surface area contributed by atoms with Gasteiger partial charge in [-0.05, 0) is 54.7 Å². The van der Waals surface area contributed by atoms with Crippen LogP contribution in [0, 0.1) is 17.3 Å². The molecule has 37 heavy (non-hydrogen) atoms. The molecule has 2 bridgehead atoms. The molecule has 190 valence electrons. The Labute approximate surface area is 216 Å². The number of aromatic nitrogens is 1. The molecule has 2 amide bonds. The van der Waals surface area contributed by atoms with Gasteiger partial charge in [-0.25, -0.2) is 4.98 Å². The van der Waals surface area contributed by atoms with E-state index in [1.54, 1.807) is 18.3 Å². The Morgan fingerprint density at radius 2 is 1.92 bits per heavy atom. The van der Waals surface area contributed by atoms with Gasteiger partial charge in [0.1, 0.15) is 0 Å². The van der Waals surface area contributed by atoms with E-state index in [0.717, 1.165) is 44.3 Å². The molecule has 1 aromatic heterocycles. The normalized spacial score (nSPS) is 31.7. The number of carbonyl (C=O) groups is 2. The van der Waals surface area contributed by atoms with Crippen molar-refractivity contribution in [1.82, 2.24) is 15.2 Å². The molecule has 2 saturated heterocycles. The zero-order chi connectivity index (χ0) is 25.0. The first-order valence-corrected chi connectivity index (χ1v) is 13.3. The van der Waals surface area contributed by atoms with Gasteiger partial charge in [0.2, 0.25) is 5.91 Å². The fourth-order valence-corrected chi connectivity index (χ4v) is 7.34. The maximum atomic E-state index is 13.6. The molecule has 0 unspecified atom stereocenters. The zero-order valence-electron chi connectivity index (χ0n) is 20.8. The van der Waals surface area contributed by atoms with Crippen LogP contribution in [0.5, 0.6) is 0 Å². The van der Waals surface area contributed by atoms with E-state index in [2.05, 4.69) is 45.5 Å². The van der Waals surface area contributed by atoms with Gasteiger partial charge in [0.05, 0.1) is 24.3 Å². The molecule has 0 spiro atoms. The fourth-order valence-electron chi connectivity index (χ4n) is 7.34. The molecule has 7 nitrogen and oxygen atoms in total. The van der Waals surface area contributed by atoms with Crippen molar-refractivity contribution in [2.45, 2.75) is 37.2 Å². The maximum absolute atomic E-state index is 13.6. The van der Waals surface area contributed by atoms with Gasteiger partial charge in [0, 0.05) is 36.7 Å². The number of hydrogen-bond donors (Lipinski definition) is 1. The monoisotopic (exact) mass is 497 g/mol. The summed E-state index contributed by atoms with van der Waals surface area (Å²) in [6.07, 6.45) is 6.85. The Balaban J connectivity index is 0.965. The summed E-state index contributed by atoms with van der Waals surface area (Å²) in [5.74, 6) is 1.53. The van der Waals surface area contributed by atoms with Crippen LogP contribution in [-0.2, 0) is 14.9 Å². The summed E-state index contributed by atoms with van der Waals surface area (Å²) >= 11 is 0. The second-order valence-electron chi connectivity index (χ2n) is 11.4. The third kappa shape index (κ3) is 3.71. The highest BCUT2D eigenvalue weighted by atomic mass is 16.5. The minimum absolute atomic E-state index is 0.0781. The number of amides is 2. The number of ether oxygens (including phenoxy) is 1. The summed E-state index contributed by atoms with van der Waals surface area (Å²) in [6.45, 7) is 2.69. The molecule has 1 N–H and O–H groups in total. The minimum Gasteiger partial charge on any atom is -0.444 e. The Bertz CT molecular complexity index is 1300. The highest BCUT2D eigenvalue weighted by Gasteiger charge is 2.72. The van der Waals surface area contributed by atoms with E-state index in [1.807, 2.05) is 12.1 Å². The lowest BCUT2D eigenvalue weighted by Crippen LogP contribution is -2.71. The fraction of sp³-hybridized carbons (Fsp3) is 0.433. The predicted molar refractivity (Wildman–Crippen MR) is 137 cm³/mol. The van der Waals surface area contributed by atoms with E-state index in [-0.39, 0.29) is 28.8 Å². The van der Waals surface area contributed by atoms with Crippen LogP contribution in [0.2, 0.25) is 0 Å². The number of benzene rings is 2. The van der Waals surface area contributed by atoms with Crippen LogP contribution < -0.4 is 5.32 Å². The van der Waals surface area contributed by atoms with Gasteiger partial charge in [-0.1, -0.05) is 42.5 Å². The Kier molecular flexibility index (Phi) is 5.25. The van der Waals surface area contributed by atoms with E-state index in [4.69, 9.17) is 9.15 Å². The van der Waals surface area contributed by atoms with Crippen LogP contribution in [0.4, 0.5) is 0 Å².